The van der Waals surface area contributed by atoms with Gasteiger partial charge in [-0.15, -0.1) is 0 Å². The van der Waals surface area contributed by atoms with Crippen LogP contribution < -0.4 is 5.32 Å². The number of piperazine rings is 1. The molecule has 5 nitrogen and oxygen atoms in total. The molecule has 0 bridgehead atoms. The second-order valence-electron chi connectivity index (χ2n) is 4.64. The molecular weight excluding hydrogens is 220 g/mol. The Balaban J connectivity index is 1.89. The molecule has 2 rings (SSSR count). The maximum atomic E-state index is 11.8. The number of ether oxygens (including phenoxy) is 1. The molecule has 96 valence electrons. The van der Waals surface area contributed by atoms with Crippen molar-refractivity contribution in [2.75, 3.05) is 26.3 Å². The Kier molecular flexibility index (Phi) is 3.99. The molecule has 5 heteroatoms. The van der Waals surface area contributed by atoms with E-state index in [2.05, 4.69) is 5.32 Å². The highest BCUT2D eigenvalue weighted by Gasteiger charge is 2.44. The van der Waals surface area contributed by atoms with E-state index < -0.39 is 0 Å². The zero-order valence-electron chi connectivity index (χ0n) is 10.3. The largest absolute Gasteiger partial charge is 0.382 e. The second kappa shape index (κ2) is 5.49. The van der Waals surface area contributed by atoms with E-state index >= 15 is 0 Å². The Morgan fingerprint density at radius 2 is 2.18 bits per heavy atom. The molecule has 0 aromatic carbocycles. The van der Waals surface area contributed by atoms with E-state index in [0.29, 0.717) is 25.7 Å². The fraction of sp³-hybridized carbons (Fsp3) is 0.833. The summed E-state index contributed by atoms with van der Waals surface area (Å²) in [5.74, 6) is 0.438. The minimum atomic E-state index is -0.224. The molecule has 1 N–H and O–H groups in total. The van der Waals surface area contributed by atoms with E-state index in [4.69, 9.17) is 4.74 Å². The van der Waals surface area contributed by atoms with Gasteiger partial charge in [0.25, 0.3) is 0 Å². The van der Waals surface area contributed by atoms with Crippen molar-refractivity contribution in [3.8, 4) is 0 Å². The molecule has 0 spiro atoms. The smallest absolute Gasteiger partial charge is 0.243 e. The molecule has 1 atom stereocenters. The van der Waals surface area contributed by atoms with Crippen LogP contribution in [-0.2, 0) is 14.3 Å². The van der Waals surface area contributed by atoms with Crippen molar-refractivity contribution in [2.45, 2.75) is 32.2 Å². The van der Waals surface area contributed by atoms with E-state index in [1.807, 2.05) is 6.92 Å². The minimum absolute atomic E-state index is 0.0171. The molecule has 2 amide bonds. The van der Waals surface area contributed by atoms with Crippen molar-refractivity contribution in [1.82, 2.24) is 10.2 Å². The lowest BCUT2D eigenvalue weighted by molar-refractivity contribution is -0.146. The van der Waals surface area contributed by atoms with Gasteiger partial charge < -0.3 is 15.0 Å². The lowest BCUT2D eigenvalue weighted by Crippen LogP contribution is -2.59. The summed E-state index contributed by atoms with van der Waals surface area (Å²) in [7, 11) is 0. The van der Waals surface area contributed by atoms with Gasteiger partial charge in [-0.3, -0.25) is 9.59 Å². The van der Waals surface area contributed by atoms with Crippen LogP contribution in [0.25, 0.3) is 0 Å². The summed E-state index contributed by atoms with van der Waals surface area (Å²) in [4.78, 5) is 25.3. The molecule has 1 aliphatic carbocycles. The zero-order valence-corrected chi connectivity index (χ0v) is 10.3. The van der Waals surface area contributed by atoms with Gasteiger partial charge in [-0.25, -0.2) is 0 Å². The van der Waals surface area contributed by atoms with Crippen LogP contribution in [0.5, 0.6) is 0 Å². The number of hydrogen-bond acceptors (Lipinski definition) is 3. The van der Waals surface area contributed by atoms with Gasteiger partial charge >= 0.3 is 0 Å². The Hall–Kier alpha value is -1.10. The van der Waals surface area contributed by atoms with Crippen LogP contribution in [0.3, 0.4) is 0 Å². The molecule has 0 radical (unpaired) electrons. The van der Waals surface area contributed by atoms with E-state index in [9.17, 15) is 9.59 Å². The number of carbonyl (C=O) groups excluding carboxylic acids is 2. The molecule has 1 aliphatic heterocycles. The Morgan fingerprint density at radius 3 is 2.82 bits per heavy atom. The number of nitrogens with one attached hydrogen (secondary N) is 1. The third-order valence-electron chi connectivity index (χ3n) is 3.30. The average molecular weight is 240 g/mol. The zero-order chi connectivity index (χ0) is 12.3. The number of hydrogen-bond donors (Lipinski definition) is 1. The lowest BCUT2D eigenvalue weighted by atomic mass is 10.1. The second-order valence-corrected chi connectivity index (χ2v) is 4.64. The van der Waals surface area contributed by atoms with E-state index in [0.717, 1.165) is 19.3 Å². The lowest BCUT2D eigenvalue weighted by Gasteiger charge is -2.35. The van der Waals surface area contributed by atoms with Crippen molar-refractivity contribution in [3.05, 3.63) is 0 Å². The van der Waals surface area contributed by atoms with E-state index in [1.165, 1.54) is 0 Å². The summed E-state index contributed by atoms with van der Waals surface area (Å²) in [5.41, 5.74) is 0. The van der Waals surface area contributed by atoms with Gasteiger partial charge in [-0.05, 0) is 32.1 Å². The van der Waals surface area contributed by atoms with Gasteiger partial charge in [0.15, 0.2) is 0 Å². The first-order valence-corrected chi connectivity index (χ1v) is 6.39. The highest BCUT2D eigenvalue weighted by molar-refractivity contribution is 5.95. The summed E-state index contributed by atoms with van der Waals surface area (Å²) in [5, 5.41) is 2.67. The Morgan fingerprint density at radius 1 is 1.41 bits per heavy atom. The van der Waals surface area contributed by atoms with E-state index in [-0.39, 0.29) is 24.4 Å². The molecule has 1 saturated carbocycles. The molecule has 0 aromatic rings. The maximum Gasteiger partial charge on any atom is 0.243 e. The predicted octanol–water partition coefficient (Wildman–Crippen LogP) is 0.150. The third kappa shape index (κ3) is 2.97. The van der Waals surface area contributed by atoms with Gasteiger partial charge in [-0.1, -0.05) is 0 Å². The fourth-order valence-electron chi connectivity index (χ4n) is 2.29. The molecule has 0 aromatic heterocycles. The Bertz CT molecular complexity index is 302. The first kappa shape index (κ1) is 12.4. The Labute approximate surface area is 101 Å². The number of carbonyl (C=O) groups is 2. The third-order valence-corrected chi connectivity index (χ3v) is 3.30. The highest BCUT2D eigenvalue weighted by atomic mass is 16.5. The quantitative estimate of drug-likeness (QED) is 0.672. The van der Waals surface area contributed by atoms with Crippen molar-refractivity contribution in [1.29, 1.82) is 0 Å². The molecule has 1 unspecified atom stereocenters. The maximum absolute atomic E-state index is 11.8. The van der Waals surface area contributed by atoms with Crippen LogP contribution >= 0.6 is 0 Å². The summed E-state index contributed by atoms with van der Waals surface area (Å²) in [6.07, 6.45) is 2.93. The molecule has 2 aliphatic rings. The van der Waals surface area contributed by atoms with Crippen LogP contribution in [-0.4, -0.2) is 49.1 Å². The van der Waals surface area contributed by atoms with Crippen LogP contribution in [0.4, 0.5) is 0 Å². The van der Waals surface area contributed by atoms with Gasteiger partial charge in [-0.2, -0.15) is 0 Å². The first-order chi connectivity index (χ1) is 8.24. The summed E-state index contributed by atoms with van der Waals surface area (Å²) in [6, 6.07) is -0.224. The van der Waals surface area contributed by atoms with Gasteiger partial charge in [0.1, 0.15) is 6.04 Å². The number of amides is 2. The van der Waals surface area contributed by atoms with Crippen molar-refractivity contribution >= 4 is 11.8 Å². The van der Waals surface area contributed by atoms with Crippen LogP contribution in [0.15, 0.2) is 0 Å². The van der Waals surface area contributed by atoms with E-state index in [1.54, 1.807) is 4.90 Å². The van der Waals surface area contributed by atoms with Gasteiger partial charge in [0.05, 0.1) is 6.54 Å². The van der Waals surface area contributed by atoms with Crippen molar-refractivity contribution in [2.24, 2.45) is 5.92 Å². The molecule has 2 fully saturated rings. The molecule has 1 saturated heterocycles. The number of rotatable bonds is 6. The monoisotopic (exact) mass is 240 g/mol. The summed E-state index contributed by atoms with van der Waals surface area (Å²) in [6.45, 7) is 4.08. The predicted molar refractivity (Wildman–Crippen MR) is 62.3 cm³/mol. The standard InChI is InChI=1S/C12H20N2O3/c1-2-17-7-3-6-14-10(15)8-13-12(16)11(14)9-4-5-9/h9,11H,2-8H2,1H3,(H,13,16). The van der Waals surface area contributed by atoms with Gasteiger partial charge in [0.2, 0.25) is 11.8 Å². The van der Waals surface area contributed by atoms with Gasteiger partial charge in [0, 0.05) is 19.8 Å². The first-order valence-electron chi connectivity index (χ1n) is 6.39. The van der Waals surface area contributed by atoms with Crippen LogP contribution in [0.1, 0.15) is 26.2 Å². The van der Waals surface area contributed by atoms with Crippen molar-refractivity contribution < 1.29 is 14.3 Å². The fourth-order valence-corrected chi connectivity index (χ4v) is 2.29. The normalized spacial score (nSPS) is 25.0. The molecule has 17 heavy (non-hydrogen) atoms. The van der Waals surface area contributed by atoms with Crippen LogP contribution in [0, 0.1) is 5.92 Å². The topological polar surface area (TPSA) is 58.6 Å². The summed E-state index contributed by atoms with van der Waals surface area (Å²) < 4.78 is 5.26. The van der Waals surface area contributed by atoms with Crippen LogP contribution in [0.2, 0.25) is 0 Å². The number of nitrogens with zero attached hydrogens (tertiary/aromatic N) is 1. The molecular formula is C12H20N2O3. The highest BCUT2D eigenvalue weighted by Crippen LogP contribution is 2.36. The molecule has 1 heterocycles. The average Bonchev–Trinajstić information content (AvgIpc) is 3.13. The SMILES string of the molecule is CCOCCCN1C(=O)CNC(=O)C1C1CC1. The summed E-state index contributed by atoms with van der Waals surface area (Å²) >= 11 is 0. The van der Waals surface area contributed by atoms with Crippen molar-refractivity contribution in [3.63, 3.8) is 0 Å². The minimum Gasteiger partial charge on any atom is -0.382 e.